The van der Waals surface area contributed by atoms with Crippen molar-refractivity contribution < 1.29 is 23.1 Å². The van der Waals surface area contributed by atoms with Gasteiger partial charge in [-0.15, -0.1) is 0 Å². The molecule has 2 bridgehead atoms. The number of H-pyrrole nitrogens is 1. The number of ether oxygens (including phenoxy) is 1. The van der Waals surface area contributed by atoms with Gasteiger partial charge in [0.1, 0.15) is 29.0 Å². The fourth-order valence-electron chi connectivity index (χ4n) is 4.21. The van der Waals surface area contributed by atoms with Crippen LogP contribution in [0.1, 0.15) is 22.5 Å². The van der Waals surface area contributed by atoms with Crippen LogP contribution in [-0.2, 0) is 16.0 Å². The summed E-state index contributed by atoms with van der Waals surface area (Å²) in [6.07, 6.45) is 2.21. The molecule has 166 valence electrons. The lowest BCUT2D eigenvalue weighted by Gasteiger charge is -2.47. The third-order valence-electron chi connectivity index (χ3n) is 5.79. The molecule has 3 atom stereocenters. The number of amides is 2. The summed E-state index contributed by atoms with van der Waals surface area (Å²) < 4.78 is 33.2. The van der Waals surface area contributed by atoms with Crippen LogP contribution in [0.15, 0.2) is 36.5 Å². The van der Waals surface area contributed by atoms with E-state index >= 15 is 0 Å². The molecule has 5 heterocycles. The first-order valence-corrected chi connectivity index (χ1v) is 10.6. The number of nitrogens with zero attached hydrogens (tertiary/aromatic N) is 2. The van der Waals surface area contributed by atoms with Crippen LogP contribution in [-0.4, -0.2) is 58.0 Å². The normalized spacial score (nSPS) is 20.7. The topological polar surface area (TPSA) is 87.3 Å². The van der Waals surface area contributed by atoms with E-state index in [1.807, 2.05) is 0 Å². The van der Waals surface area contributed by atoms with E-state index in [4.69, 9.17) is 16.3 Å². The number of carbonyl (C=O) groups is 2. The Morgan fingerprint density at radius 2 is 2.00 bits per heavy atom. The van der Waals surface area contributed by atoms with Gasteiger partial charge in [-0.3, -0.25) is 9.59 Å². The van der Waals surface area contributed by atoms with Crippen molar-refractivity contribution in [3.63, 3.8) is 0 Å². The van der Waals surface area contributed by atoms with Crippen molar-refractivity contribution in [2.24, 2.45) is 0 Å². The zero-order valence-electron chi connectivity index (χ0n) is 16.8. The van der Waals surface area contributed by atoms with E-state index in [0.717, 1.165) is 18.6 Å². The summed E-state index contributed by atoms with van der Waals surface area (Å²) in [6.45, 7) is 0.838. The number of hydrogen-bond acceptors (Lipinski definition) is 4. The van der Waals surface area contributed by atoms with E-state index in [2.05, 4.69) is 15.3 Å². The summed E-state index contributed by atoms with van der Waals surface area (Å²) in [5, 5.41) is 3.77. The Balaban J connectivity index is 1.39. The minimum absolute atomic E-state index is 0.0128. The highest BCUT2D eigenvalue weighted by Gasteiger charge is 2.42. The fourth-order valence-corrected chi connectivity index (χ4v) is 4.38. The molecular weight excluding hydrogens is 442 g/mol. The average molecular weight is 461 g/mol. The van der Waals surface area contributed by atoms with Crippen molar-refractivity contribution >= 4 is 34.4 Å². The fraction of sp³-hybridized carbons (Fsp3) is 0.318. The highest BCUT2D eigenvalue weighted by Crippen LogP contribution is 2.28. The first-order valence-electron chi connectivity index (χ1n) is 10.2. The first-order chi connectivity index (χ1) is 15.4. The Labute approximate surface area is 186 Å². The molecule has 2 aromatic heterocycles. The molecule has 3 saturated heterocycles. The standard InChI is InChI=1S/C22H19ClF2N4O3/c23-13-3-12-5-18(27-20(12)26-8-13)21(30)28-19(4-11-1-2-14(24)6-17(11)25)22(31)29-9-15-7-16(10-29)32-15/h1-3,5-6,8,15-16,19H,4,7,9-10H2,(H,26,27)(H,28,30)/t15?,16?,19-/m0/s1. The number of halogens is 3. The molecule has 6 rings (SSSR count). The van der Waals surface area contributed by atoms with E-state index in [0.29, 0.717) is 29.1 Å². The Morgan fingerprint density at radius 3 is 2.72 bits per heavy atom. The second-order valence-corrected chi connectivity index (χ2v) is 8.54. The number of rotatable bonds is 5. The number of carbonyl (C=O) groups excluding carboxylic acids is 2. The van der Waals surface area contributed by atoms with Gasteiger partial charge in [-0.1, -0.05) is 17.7 Å². The molecule has 3 fully saturated rings. The van der Waals surface area contributed by atoms with E-state index in [1.54, 1.807) is 17.0 Å². The number of nitrogens with one attached hydrogen (secondary N) is 2. The predicted molar refractivity (Wildman–Crippen MR) is 112 cm³/mol. The molecular formula is C22H19ClF2N4O3. The van der Waals surface area contributed by atoms with Crippen molar-refractivity contribution in [3.05, 3.63) is 64.4 Å². The van der Waals surface area contributed by atoms with Crippen molar-refractivity contribution in [2.75, 3.05) is 13.1 Å². The summed E-state index contributed by atoms with van der Waals surface area (Å²) in [5.41, 5.74) is 0.797. The molecule has 0 aliphatic carbocycles. The molecule has 0 radical (unpaired) electrons. The van der Waals surface area contributed by atoms with Crippen LogP contribution < -0.4 is 5.32 Å². The van der Waals surface area contributed by atoms with Crippen LogP contribution in [0.5, 0.6) is 0 Å². The molecule has 3 aromatic rings. The zero-order valence-corrected chi connectivity index (χ0v) is 17.5. The SMILES string of the molecule is O=C(N[C@@H](Cc1ccc(F)cc1F)C(=O)N1CC2CC(C1)O2)c1cc2cc(Cl)cnc2[nH]1. The van der Waals surface area contributed by atoms with Gasteiger partial charge in [-0.05, 0) is 23.8 Å². The molecule has 10 heteroatoms. The number of aromatic nitrogens is 2. The maximum absolute atomic E-state index is 14.3. The molecule has 1 aromatic carbocycles. The third kappa shape index (κ3) is 4.05. The van der Waals surface area contributed by atoms with Crippen molar-refractivity contribution in [1.82, 2.24) is 20.2 Å². The molecule has 3 aliphatic rings. The lowest BCUT2D eigenvalue weighted by Crippen LogP contribution is -2.62. The van der Waals surface area contributed by atoms with Gasteiger partial charge in [0.05, 0.1) is 17.2 Å². The van der Waals surface area contributed by atoms with Gasteiger partial charge < -0.3 is 19.9 Å². The second kappa shape index (κ2) is 8.14. The molecule has 0 spiro atoms. The van der Waals surface area contributed by atoms with Crippen LogP contribution in [0.3, 0.4) is 0 Å². The van der Waals surface area contributed by atoms with Crippen LogP contribution in [0.2, 0.25) is 5.02 Å². The molecule has 2 N–H and O–H groups in total. The predicted octanol–water partition coefficient (Wildman–Crippen LogP) is 2.84. The molecule has 0 saturated carbocycles. The monoisotopic (exact) mass is 460 g/mol. The number of morpholine rings is 1. The van der Waals surface area contributed by atoms with Crippen LogP contribution in [0.4, 0.5) is 8.78 Å². The molecule has 32 heavy (non-hydrogen) atoms. The van der Waals surface area contributed by atoms with Gasteiger partial charge in [0, 0.05) is 43.6 Å². The van der Waals surface area contributed by atoms with Gasteiger partial charge in [-0.25, -0.2) is 13.8 Å². The van der Waals surface area contributed by atoms with Gasteiger partial charge in [0.25, 0.3) is 5.91 Å². The maximum Gasteiger partial charge on any atom is 0.268 e. The Hall–Kier alpha value is -3.04. The van der Waals surface area contributed by atoms with Crippen molar-refractivity contribution in [2.45, 2.75) is 31.1 Å². The van der Waals surface area contributed by atoms with Gasteiger partial charge in [0.15, 0.2) is 0 Å². The van der Waals surface area contributed by atoms with Crippen LogP contribution >= 0.6 is 11.6 Å². The maximum atomic E-state index is 14.3. The summed E-state index contributed by atoms with van der Waals surface area (Å²) in [4.78, 5) is 34.8. The Morgan fingerprint density at radius 1 is 1.25 bits per heavy atom. The number of fused-ring (bicyclic) bond motifs is 3. The molecule has 2 amide bonds. The Kier molecular flexibility index (Phi) is 5.30. The highest BCUT2D eigenvalue weighted by atomic mass is 35.5. The zero-order chi connectivity index (χ0) is 22.4. The summed E-state index contributed by atoms with van der Waals surface area (Å²) in [6, 6.07) is 5.36. The lowest BCUT2D eigenvalue weighted by atomic mass is 9.96. The van der Waals surface area contributed by atoms with Gasteiger partial charge in [-0.2, -0.15) is 0 Å². The van der Waals surface area contributed by atoms with Crippen LogP contribution in [0.25, 0.3) is 11.0 Å². The second-order valence-electron chi connectivity index (χ2n) is 8.10. The number of piperidine rings is 1. The smallest absolute Gasteiger partial charge is 0.268 e. The third-order valence-corrected chi connectivity index (χ3v) is 6.00. The van der Waals surface area contributed by atoms with E-state index in [-0.39, 0.29) is 35.8 Å². The molecule has 2 unspecified atom stereocenters. The van der Waals surface area contributed by atoms with Crippen molar-refractivity contribution in [3.8, 4) is 0 Å². The number of pyridine rings is 1. The highest BCUT2D eigenvalue weighted by molar-refractivity contribution is 6.31. The van der Waals surface area contributed by atoms with Crippen molar-refractivity contribution in [1.29, 1.82) is 0 Å². The van der Waals surface area contributed by atoms with Crippen LogP contribution in [0, 0.1) is 11.6 Å². The largest absolute Gasteiger partial charge is 0.371 e. The minimum Gasteiger partial charge on any atom is -0.371 e. The first kappa shape index (κ1) is 20.8. The number of hydrogen-bond donors (Lipinski definition) is 2. The minimum atomic E-state index is -1.04. The Bertz CT molecular complexity index is 1200. The average Bonchev–Trinajstić information content (AvgIpc) is 3.17. The van der Waals surface area contributed by atoms with Gasteiger partial charge >= 0.3 is 0 Å². The van der Waals surface area contributed by atoms with E-state index in [1.165, 1.54) is 12.3 Å². The van der Waals surface area contributed by atoms with E-state index in [9.17, 15) is 18.4 Å². The van der Waals surface area contributed by atoms with Gasteiger partial charge in [0.2, 0.25) is 5.91 Å². The number of aromatic amines is 1. The number of benzene rings is 1. The lowest BCUT2D eigenvalue weighted by molar-refractivity contribution is -0.188. The summed E-state index contributed by atoms with van der Waals surface area (Å²) in [5.74, 6) is -2.36. The molecule has 3 aliphatic heterocycles. The molecule has 7 nitrogen and oxygen atoms in total. The van der Waals surface area contributed by atoms with E-state index < -0.39 is 23.6 Å². The summed E-state index contributed by atoms with van der Waals surface area (Å²) in [7, 11) is 0. The summed E-state index contributed by atoms with van der Waals surface area (Å²) >= 11 is 5.95. The quantitative estimate of drug-likeness (QED) is 0.613.